The van der Waals surface area contributed by atoms with E-state index in [0.29, 0.717) is 22.7 Å². The molecule has 0 aliphatic carbocycles. The van der Waals surface area contributed by atoms with Gasteiger partial charge in [-0.1, -0.05) is 48.0 Å². The van der Waals surface area contributed by atoms with Crippen molar-refractivity contribution in [1.29, 1.82) is 0 Å². The van der Waals surface area contributed by atoms with Crippen LogP contribution in [0, 0.1) is 6.92 Å². The van der Waals surface area contributed by atoms with Gasteiger partial charge in [-0.3, -0.25) is 9.59 Å². The van der Waals surface area contributed by atoms with Crippen molar-refractivity contribution in [3.05, 3.63) is 64.7 Å². The highest BCUT2D eigenvalue weighted by atomic mass is 35.5. The van der Waals surface area contributed by atoms with Crippen LogP contribution in [0.5, 0.6) is 0 Å². The van der Waals surface area contributed by atoms with Gasteiger partial charge in [-0.2, -0.15) is 5.10 Å². The zero-order valence-corrected chi connectivity index (χ0v) is 13.3. The second kappa shape index (κ2) is 8.10. The van der Waals surface area contributed by atoms with Crippen molar-refractivity contribution in [3.8, 4) is 0 Å². The van der Waals surface area contributed by atoms with Gasteiger partial charge in [0.25, 0.3) is 0 Å². The number of nitrogens with zero attached hydrogens (tertiary/aromatic N) is 1. The predicted octanol–water partition coefficient (Wildman–Crippen LogP) is 2.93. The zero-order chi connectivity index (χ0) is 16.7. The van der Waals surface area contributed by atoms with Gasteiger partial charge in [0.15, 0.2) is 0 Å². The Morgan fingerprint density at radius 2 is 1.83 bits per heavy atom. The van der Waals surface area contributed by atoms with Crippen LogP contribution in [0.1, 0.15) is 11.1 Å². The third-order valence-electron chi connectivity index (χ3n) is 3.15. The summed E-state index contributed by atoms with van der Waals surface area (Å²) in [5.41, 5.74) is 4.44. The van der Waals surface area contributed by atoms with Gasteiger partial charge < -0.3 is 5.32 Å². The van der Waals surface area contributed by atoms with Crippen molar-refractivity contribution >= 4 is 35.3 Å². The zero-order valence-electron chi connectivity index (χ0n) is 12.5. The van der Waals surface area contributed by atoms with Crippen molar-refractivity contribution in [2.24, 2.45) is 5.10 Å². The normalized spacial score (nSPS) is 10.5. The molecule has 0 saturated carbocycles. The topological polar surface area (TPSA) is 70.6 Å². The molecule has 0 spiro atoms. The second-order valence-electron chi connectivity index (χ2n) is 4.81. The van der Waals surface area contributed by atoms with E-state index in [1.807, 2.05) is 30.3 Å². The maximum absolute atomic E-state index is 11.8. The highest BCUT2D eigenvalue weighted by Gasteiger charge is 2.14. The number of carbonyl (C=O) groups is 2. The van der Waals surface area contributed by atoms with E-state index in [1.165, 1.54) is 6.21 Å². The molecule has 0 heterocycles. The van der Waals surface area contributed by atoms with E-state index < -0.39 is 11.8 Å². The van der Waals surface area contributed by atoms with Crippen LogP contribution in [-0.4, -0.2) is 18.0 Å². The lowest BCUT2D eigenvalue weighted by atomic mass is 10.2. The molecule has 2 N–H and O–H groups in total. The van der Waals surface area contributed by atoms with Crippen LogP contribution in [0.15, 0.2) is 53.6 Å². The standard InChI is InChI=1S/C17H16ClN3O2/c1-12-14(18)8-5-9-15(12)20-16(22)17(23)21-19-11-10-13-6-3-2-4-7-13/h2-9,11H,10H2,1H3,(H,20,22)(H,21,23)/b19-11+. The minimum atomic E-state index is -0.839. The van der Waals surface area contributed by atoms with E-state index in [0.717, 1.165) is 5.56 Å². The first kappa shape index (κ1) is 16.7. The lowest BCUT2D eigenvalue weighted by Gasteiger charge is -2.08. The molecule has 5 nitrogen and oxygen atoms in total. The molecule has 0 saturated heterocycles. The largest absolute Gasteiger partial charge is 0.329 e. The van der Waals surface area contributed by atoms with Gasteiger partial charge in [-0.25, -0.2) is 5.43 Å². The monoisotopic (exact) mass is 329 g/mol. The van der Waals surface area contributed by atoms with E-state index in [4.69, 9.17) is 11.6 Å². The van der Waals surface area contributed by atoms with Crippen LogP contribution < -0.4 is 10.7 Å². The molecule has 118 valence electrons. The lowest BCUT2D eigenvalue weighted by molar-refractivity contribution is -0.136. The molecular weight excluding hydrogens is 314 g/mol. The van der Waals surface area contributed by atoms with E-state index in [1.54, 1.807) is 25.1 Å². The predicted molar refractivity (Wildman–Crippen MR) is 91.6 cm³/mol. The number of hydrogen-bond donors (Lipinski definition) is 2. The lowest BCUT2D eigenvalue weighted by Crippen LogP contribution is -2.32. The highest BCUT2D eigenvalue weighted by molar-refractivity contribution is 6.40. The summed E-state index contributed by atoms with van der Waals surface area (Å²) in [6, 6.07) is 14.7. The first-order valence-corrected chi connectivity index (χ1v) is 7.37. The van der Waals surface area contributed by atoms with Gasteiger partial charge in [0.1, 0.15) is 0 Å². The summed E-state index contributed by atoms with van der Waals surface area (Å²) < 4.78 is 0. The number of hydrogen-bond acceptors (Lipinski definition) is 3. The summed E-state index contributed by atoms with van der Waals surface area (Å²) in [6.45, 7) is 1.76. The Bertz CT molecular complexity index is 730. The number of hydrazone groups is 1. The quantitative estimate of drug-likeness (QED) is 0.514. The molecule has 0 aliphatic heterocycles. The number of nitrogens with one attached hydrogen (secondary N) is 2. The summed E-state index contributed by atoms with van der Waals surface area (Å²) in [7, 11) is 0. The molecule has 0 atom stereocenters. The third-order valence-corrected chi connectivity index (χ3v) is 3.56. The number of anilines is 1. The van der Waals surface area contributed by atoms with Gasteiger partial charge in [0, 0.05) is 23.3 Å². The molecule has 0 fully saturated rings. The van der Waals surface area contributed by atoms with E-state index in [2.05, 4.69) is 15.8 Å². The van der Waals surface area contributed by atoms with Crippen molar-refractivity contribution in [3.63, 3.8) is 0 Å². The molecule has 0 bridgehead atoms. The van der Waals surface area contributed by atoms with Crippen LogP contribution in [-0.2, 0) is 16.0 Å². The second-order valence-corrected chi connectivity index (χ2v) is 5.22. The highest BCUT2D eigenvalue weighted by Crippen LogP contribution is 2.22. The number of rotatable bonds is 4. The Balaban J connectivity index is 1.85. The molecular formula is C17H16ClN3O2. The number of amides is 2. The molecule has 23 heavy (non-hydrogen) atoms. The first-order chi connectivity index (χ1) is 11.1. The summed E-state index contributed by atoms with van der Waals surface area (Å²) in [5, 5.41) is 6.78. The van der Waals surface area contributed by atoms with Crippen LogP contribution in [0.3, 0.4) is 0 Å². The minimum absolute atomic E-state index is 0.492. The molecule has 6 heteroatoms. The van der Waals surface area contributed by atoms with Crippen molar-refractivity contribution in [2.45, 2.75) is 13.3 Å². The van der Waals surface area contributed by atoms with E-state index in [9.17, 15) is 9.59 Å². The van der Waals surface area contributed by atoms with E-state index >= 15 is 0 Å². The Morgan fingerprint density at radius 1 is 1.09 bits per heavy atom. The van der Waals surface area contributed by atoms with Crippen molar-refractivity contribution < 1.29 is 9.59 Å². The maximum Gasteiger partial charge on any atom is 0.329 e. The number of carbonyl (C=O) groups excluding carboxylic acids is 2. The van der Waals surface area contributed by atoms with Gasteiger partial charge >= 0.3 is 11.8 Å². The fourth-order valence-corrected chi connectivity index (χ4v) is 2.02. The SMILES string of the molecule is Cc1c(Cl)cccc1NC(=O)C(=O)N/N=C/Cc1ccccc1. The molecule has 0 aliphatic rings. The fraction of sp³-hybridized carbons (Fsp3) is 0.118. The van der Waals surface area contributed by atoms with Crippen molar-refractivity contribution in [2.75, 3.05) is 5.32 Å². The van der Waals surface area contributed by atoms with Crippen LogP contribution >= 0.6 is 11.6 Å². The average molecular weight is 330 g/mol. The summed E-state index contributed by atoms with van der Waals surface area (Å²) in [6.07, 6.45) is 2.10. The summed E-state index contributed by atoms with van der Waals surface area (Å²) >= 11 is 5.96. The summed E-state index contributed by atoms with van der Waals surface area (Å²) in [5.74, 6) is -1.64. The third kappa shape index (κ3) is 4.93. The Kier molecular flexibility index (Phi) is 5.88. The van der Waals surface area contributed by atoms with Crippen LogP contribution in [0.4, 0.5) is 5.69 Å². The Morgan fingerprint density at radius 3 is 2.57 bits per heavy atom. The van der Waals surface area contributed by atoms with Gasteiger partial charge in [-0.05, 0) is 30.2 Å². The van der Waals surface area contributed by atoms with Crippen molar-refractivity contribution in [1.82, 2.24) is 5.43 Å². The van der Waals surface area contributed by atoms with Gasteiger partial charge in [-0.15, -0.1) is 0 Å². The average Bonchev–Trinajstić information content (AvgIpc) is 2.56. The van der Waals surface area contributed by atoms with Crippen LogP contribution in [0.2, 0.25) is 5.02 Å². The molecule has 2 aromatic rings. The first-order valence-electron chi connectivity index (χ1n) is 7.00. The minimum Gasteiger partial charge on any atom is -0.317 e. The van der Waals surface area contributed by atoms with Crippen LogP contribution in [0.25, 0.3) is 0 Å². The summed E-state index contributed by atoms with van der Waals surface area (Å²) in [4.78, 5) is 23.5. The Hall–Kier alpha value is -2.66. The van der Waals surface area contributed by atoms with Gasteiger partial charge in [0.2, 0.25) is 0 Å². The maximum atomic E-state index is 11.8. The number of halogens is 1. The molecule has 2 amide bonds. The fourth-order valence-electron chi connectivity index (χ4n) is 1.84. The van der Waals surface area contributed by atoms with E-state index in [-0.39, 0.29) is 0 Å². The Labute approximate surface area is 139 Å². The molecule has 0 aromatic heterocycles. The molecule has 2 aromatic carbocycles. The molecule has 2 rings (SSSR count). The molecule has 0 radical (unpaired) electrons. The smallest absolute Gasteiger partial charge is 0.317 e. The van der Waals surface area contributed by atoms with Gasteiger partial charge in [0.05, 0.1) is 0 Å². The molecule has 0 unspecified atom stereocenters. The number of benzene rings is 2.